The van der Waals surface area contributed by atoms with Gasteiger partial charge in [0.2, 0.25) is 6.43 Å². The van der Waals surface area contributed by atoms with Crippen molar-refractivity contribution in [3.05, 3.63) is 85.0 Å². The van der Waals surface area contributed by atoms with Gasteiger partial charge >= 0.3 is 0 Å². The number of pyridine rings is 1. The first-order valence-electron chi connectivity index (χ1n) is 9.19. The Balaban J connectivity index is 1.56. The molecule has 29 heavy (non-hydrogen) atoms. The van der Waals surface area contributed by atoms with Crippen LogP contribution in [0.4, 0.5) is 14.6 Å². The van der Waals surface area contributed by atoms with Crippen LogP contribution in [0.5, 0.6) is 0 Å². The van der Waals surface area contributed by atoms with Gasteiger partial charge < -0.3 is 9.88 Å². The molecule has 0 radical (unpaired) electrons. The molecule has 0 saturated carbocycles. The van der Waals surface area contributed by atoms with Crippen molar-refractivity contribution in [2.75, 3.05) is 5.32 Å². The molecule has 0 fully saturated rings. The monoisotopic (exact) mass is 390 g/mol. The molecule has 1 N–H and O–H groups in total. The average molecular weight is 390 g/mol. The SMILES string of the molecule is C=C(Nc1cc2cc(-c3cncn3C)ccc2cn1)c1ccc(CC(F)F)cc1. The zero-order chi connectivity index (χ0) is 20.4. The van der Waals surface area contributed by atoms with E-state index >= 15 is 0 Å². The first-order valence-corrected chi connectivity index (χ1v) is 9.19. The number of anilines is 1. The molecule has 0 spiro atoms. The number of aromatic nitrogens is 3. The van der Waals surface area contributed by atoms with Crippen LogP contribution in [0.3, 0.4) is 0 Å². The zero-order valence-electron chi connectivity index (χ0n) is 15.9. The molecule has 4 aromatic rings. The minimum Gasteiger partial charge on any atom is -0.340 e. The highest BCUT2D eigenvalue weighted by molar-refractivity contribution is 5.89. The van der Waals surface area contributed by atoms with Crippen molar-refractivity contribution in [1.29, 1.82) is 0 Å². The van der Waals surface area contributed by atoms with Crippen LogP contribution < -0.4 is 5.32 Å². The molecule has 0 aliphatic heterocycles. The van der Waals surface area contributed by atoms with E-state index in [1.54, 1.807) is 30.6 Å². The van der Waals surface area contributed by atoms with Gasteiger partial charge in [-0.15, -0.1) is 0 Å². The van der Waals surface area contributed by atoms with Crippen LogP contribution in [0.2, 0.25) is 0 Å². The molecule has 146 valence electrons. The largest absolute Gasteiger partial charge is 0.340 e. The Morgan fingerprint density at radius 3 is 2.55 bits per heavy atom. The maximum Gasteiger partial charge on any atom is 0.242 e. The fourth-order valence-corrected chi connectivity index (χ4v) is 3.25. The summed E-state index contributed by atoms with van der Waals surface area (Å²) < 4.78 is 27.0. The summed E-state index contributed by atoms with van der Waals surface area (Å²) >= 11 is 0. The maximum absolute atomic E-state index is 12.5. The third-order valence-electron chi connectivity index (χ3n) is 4.81. The van der Waals surface area contributed by atoms with E-state index < -0.39 is 6.43 Å². The summed E-state index contributed by atoms with van der Waals surface area (Å²) in [4.78, 5) is 8.63. The Bertz CT molecular complexity index is 1160. The summed E-state index contributed by atoms with van der Waals surface area (Å²) in [5, 5.41) is 5.28. The molecule has 2 aromatic carbocycles. The van der Waals surface area contributed by atoms with Crippen LogP contribution in [0.15, 0.2) is 73.8 Å². The van der Waals surface area contributed by atoms with E-state index in [1.165, 1.54) is 0 Å². The van der Waals surface area contributed by atoms with Crippen molar-refractivity contribution in [3.63, 3.8) is 0 Å². The van der Waals surface area contributed by atoms with Crippen LogP contribution >= 0.6 is 0 Å². The number of rotatable bonds is 6. The van der Waals surface area contributed by atoms with Crippen LogP contribution in [0, 0.1) is 0 Å². The van der Waals surface area contributed by atoms with Gasteiger partial charge in [0.05, 0.1) is 18.2 Å². The third kappa shape index (κ3) is 4.16. The topological polar surface area (TPSA) is 42.7 Å². The van der Waals surface area contributed by atoms with Crippen molar-refractivity contribution in [2.45, 2.75) is 12.8 Å². The average Bonchev–Trinajstić information content (AvgIpc) is 3.13. The van der Waals surface area contributed by atoms with E-state index in [4.69, 9.17) is 0 Å². The molecule has 4 rings (SSSR count). The molecule has 6 heteroatoms. The summed E-state index contributed by atoms with van der Waals surface area (Å²) in [6, 6.07) is 15.1. The second kappa shape index (κ2) is 7.83. The maximum atomic E-state index is 12.5. The molecule has 0 aliphatic carbocycles. The van der Waals surface area contributed by atoms with Gasteiger partial charge in [0, 0.05) is 36.3 Å². The number of imidazole rings is 1. The normalized spacial score (nSPS) is 11.2. The van der Waals surface area contributed by atoms with Gasteiger partial charge in [-0.3, -0.25) is 0 Å². The summed E-state index contributed by atoms with van der Waals surface area (Å²) in [5.74, 6) is 0.668. The molecule has 0 saturated heterocycles. The van der Waals surface area contributed by atoms with Crippen molar-refractivity contribution >= 4 is 22.3 Å². The molecule has 0 unspecified atom stereocenters. The Morgan fingerprint density at radius 2 is 1.86 bits per heavy atom. The second-order valence-corrected chi connectivity index (χ2v) is 6.92. The molecular weight excluding hydrogens is 370 g/mol. The Hall–Kier alpha value is -3.54. The first-order chi connectivity index (χ1) is 14.0. The van der Waals surface area contributed by atoms with E-state index in [0.717, 1.165) is 27.6 Å². The predicted octanol–water partition coefficient (Wildman–Crippen LogP) is 5.53. The van der Waals surface area contributed by atoms with Gasteiger partial charge in [0.25, 0.3) is 0 Å². The lowest BCUT2D eigenvalue weighted by atomic mass is 10.1. The van der Waals surface area contributed by atoms with Crippen molar-refractivity contribution in [2.24, 2.45) is 7.05 Å². The summed E-state index contributed by atoms with van der Waals surface area (Å²) in [6.45, 7) is 4.05. The number of aryl methyl sites for hydroxylation is 1. The van der Waals surface area contributed by atoms with Crippen LogP contribution in [-0.2, 0) is 13.5 Å². The number of nitrogens with zero attached hydrogens (tertiary/aromatic N) is 3. The van der Waals surface area contributed by atoms with Gasteiger partial charge in [0.15, 0.2) is 0 Å². The highest BCUT2D eigenvalue weighted by atomic mass is 19.3. The fraction of sp³-hybridized carbons (Fsp3) is 0.130. The molecule has 0 amide bonds. The number of nitrogens with one attached hydrogen (secondary N) is 1. The highest BCUT2D eigenvalue weighted by Crippen LogP contribution is 2.26. The van der Waals surface area contributed by atoms with Crippen LogP contribution in [0.25, 0.3) is 27.7 Å². The fourth-order valence-electron chi connectivity index (χ4n) is 3.25. The lowest BCUT2D eigenvalue weighted by Crippen LogP contribution is -2.01. The van der Waals surface area contributed by atoms with Crippen LogP contribution in [0.1, 0.15) is 11.1 Å². The lowest BCUT2D eigenvalue weighted by Gasteiger charge is -2.11. The minimum absolute atomic E-state index is 0.245. The zero-order valence-corrected chi connectivity index (χ0v) is 15.9. The second-order valence-electron chi connectivity index (χ2n) is 6.92. The number of halogens is 2. The summed E-state index contributed by atoms with van der Waals surface area (Å²) in [7, 11) is 1.96. The lowest BCUT2D eigenvalue weighted by molar-refractivity contribution is 0.149. The van der Waals surface area contributed by atoms with Gasteiger partial charge in [0.1, 0.15) is 5.82 Å². The molecule has 2 aromatic heterocycles. The minimum atomic E-state index is -2.35. The molecular formula is C23H20F2N4. The van der Waals surface area contributed by atoms with Gasteiger partial charge in [-0.2, -0.15) is 0 Å². The van der Waals surface area contributed by atoms with E-state index in [9.17, 15) is 8.78 Å². The Labute approximate surface area is 167 Å². The standard InChI is InChI=1S/C23H20F2N4/c1-15(17-5-3-16(4-6-17)9-22(24)25)28-23-11-20-10-18(7-8-19(20)12-27-23)21-13-26-14-29(21)2/h3-8,10-14,22H,1,9H2,2H3,(H,27,28). The van der Waals surface area contributed by atoms with Crippen molar-refractivity contribution in [3.8, 4) is 11.3 Å². The quantitative estimate of drug-likeness (QED) is 0.471. The molecule has 4 nitrogen and oxygen atoms in total. The van der Waals surface area contributed by atoms with Crippen LogP contribution in [-0.4, -0.2) is 21.0 Å². The number of hydrogen-bond acceptors (Lipinski definition) is 3. The van der Waals surface area contributed by atoms with Gasteiger partial charge in [-0.05, 0) is 28.6 Å². The molecule has 0 atom stereocenters. The molecule has 0 bridgehead atoms. The Morgan fingerprint density at radius 1 is 1.07 bits per heavy atom. The van der Waals surface area contributed by atoms with Gasteiger partial charge in [-0.25, -0.2) is 18.7 Å². The van der Waals surface area contributed by atoms with Crippen molar-refractivity contribution in [1.82, 2.24) is 14.5 Å². The van der Waals surface area contributed by atoms with Crippen molar-refractivity contribution < 1.29 is 8.78 Å². The van der Waals surface area contributed by atoms with E-state index in [0.29, 0.717) is 17.1 Å². The molecule has 2 heterocycles. The number of alkyl halides is 2. The number of benzene rings is 2. The molecule has 0 aliphatic rings. The summed E-state index contributed by atoms with van der Waals surface area (Å²) in [5.41, 5.74) is 4.19. The third-order valence-corrected chi connectivity index (χ3v) is 4.81. The summed E-state index contributed by atoms with van der Waals surface area (Å²) in [6.07, 6.45) is 2.83. The van der Waals surface area contributed by atoms with Gasteiger partial charge in [-0.1, -0.05) is 43.0 Å². The van der Waals surface area contributed by atoms with E-state index in [1.807, 2.05) is 42.2 Å². The van der Waals surface area contributed by atoms with E-state index in [2.05, 4.69) is 27.9 Å². The first kappa shape index (κ1) is 18.8. The highest BCUT2D eigenvalue weighted by Gasteiger charge is 2.08. The number of hydrogen-bond donors (Lipinski definition) is 1. The predicted molar refractivity (Wildman–Crippen MR) is 113 cm³/mol. The van der Waals surface area contributed by atoms with E-state index in [-0.39, 0.29) is 6.42 Å². The smallest absolute Gasteiger partial charge is 0.242 e. The number of fused-ring (bicyclic) bond motifs is 1. The Kier molecular flexibility index (Phi) is 5.08.